The predicted molar refractivity (Wildman–Crippen MR) is 78.9 cm³/mol. The molecule has 0 aromatic carbocycles. The molecular formula is C13H20N4S. The molecule has 0 atom stereocenters. The summed E-state index contributed by atoms with van der Waals surface area (Å²) in [7, 11) is 4.27. The lowest BCUT2D eigenvalue weighted by atomic mass is 9.75. The van der Waals surface area contributed by atoms with E-state index in [1.54, 1.807) is 12.4 Å². The number of nitrogens with zero attached hydrogens (tertiary/aromatic N) is 2. The normalized spacial score (nSPS) is 17.3. The fourth-order valence-corrected chi connectivity index (χ4v) is 2.55. The molecule has 18 heavy (non-hydrogen) atoms. The molecule has 0 aliphatic heterocycles. The topological polar surface area (TPSA) is 54.2 Å². The Balaban J connectivity index is 2.08. The number of hydrogen-bond donors (Lipinski definition) is 2. The van der Waals surface area contributed by atoms with Crippen LogP contribution in [-0.4, -0.2) is 41.1 Å². The van der Waals surface area contributed by atoms with Crippen molar-refractivity contribution in [3.63, 3.8) is 0 Å². The minimum absolute atomic E-state index is 0.267. The number of pyridine rings is 1. The molecule has 1 heterocycles. The van der Waals surface area contributed by atoms with E-state index >= 15 is 0 Å². The van der Waals surface area contributed by atoms with Crippen molar-refractivity contribution in [1.29, 1.82) is 0 Å². The summed E-state index contributed by atoms with van der Waals surface area (Å²) in [6, 6.07) is 1.85. The van der Waals surface area contributed by atoms with Crippen molar-refractivity contribution < 1.29 is 0 Å². The lowest BCUT2D eigenvalue weighted by Crippen LogP contribution is -2.54. The number of nitrogens with one attached hydrogen (secondary N) is 1. The van der Waals surface area contributed by atoms with Gasteiger partial charge >= 0.3 is 0 Å². The smallest absolute Gasteiger partial charge is 0.106 e. The minimum atomic E-state index is 0.267. The first kappa shape index (κ1) is 13.2. The number of thiocarbonyl (C=S) groups is 1. The molecule has 98 valence electrons. The molecule has 1 aliphatic carbocycles. The van der Waals surface area contributed by atoms with Crippen LogP contribution in [0, 0.1) is 0 Å². The summed E-state index contributed by atoms with van der Waals surface area (Å²) < 4.78 is 0. The maximum absolute atomic E-state index is 5.71. The van der Waals surface area contributed by atoms with Gasteiger partial charge in [-0.05, 0) is 39.4 Å². The summed E-state index contributed by atoms with van der Waals surface area (Å²) in [4.78, 5) is 6.84. The van der Waals surface area contributed by atoms with Crippen LogP contribution in [0.5, 0.6) is 0 Å². The molecule has 0 radical (unpaired) electrons. The zero-order valence-electron chi connectivity index (χ0n) is 10.9. The van der Waals surface area contributed by atoms with E-state index in [0.29, 0.717) is 4.99 Å². The van der Waals surface area contributed by atoms with Crippen molar-refractivity contribution in [2.75, 3.05) is 26.0 Å². The van der Waals surface area contributed by atoms with Crippen LogP contribution in [0.4, 0.5) is 5.69 Å². The number of likely N-dealkylation sites (N-methyl/N-ethyl adjacent to an activating group) is 1. The summed E-state index contributed by atoms with van der Waals surface area (Å²) >= 11 is 5.05. The minimum Gasteiger partial charge on any atom is -0.389 e. The van der Waals surface area contributed by atoms with Gasteiger partial charge < -0.3 is 16.0 Å². The third-order valence-electron chi connectivity index (χ3n) is 3.93. The van der Waals surface area contributed by atoms with Crippen LogP contribution in [0.25, 0.3) is 0 Å². The van der Waals surface area contributed by atoms with E-state index in [1.165, 1.54) is 19.3 Å². The molecule has 0 bridgehead atoms. The Morgan fingerprint density at radius 3 is 2.78 bits per heavy atom. The molecule has 5 heteroatoms. The first-order valence-corrected chi connectivity index (χ1v) is 6.61. The van der Waals surface area contributed by atoms with Crippen LogP contribution in [0.15, 0.2) is 18.5 Å². The second-order valence-electron chi connectivity index (χ2n) is 5.11. The molecule has 3 N–H and O–H groups in total. The SMILES string of the molecule is CN(C)C1(CNc2cnccc2C(N)=S)CCC1. The van der Waals surface area contributed by atoms with Gasteiger partial charge in [0.15, 0.2) is 0 Å². The molecule has 0 spiro atoms. The third kappa shape index (κ3) is 2.47. The number of anilines is 1. The fourth-order valence-electron chi connectivity index (χ4n) is 2.38. The Morgan fingerprint density at radius 2 is 2.28 bits per heavy atom. The Kier molecular flexibility index (Phi) is 3.82. The highest BCUT2D eigenvalue weighted by Gasteiger charge is 2.38. The highest BCUT2D eigenvalue weighted by atomic mass is 32.1. The Morgan fingerprint density at radius 1 is 1.56 bits per heavy atom. The molecule has 4 nitrogen and oxygen atoms in total. The molecular weight excluding hydrogens is 244 g/mol. The number of hydrogen-bond acceptors (Lipinski definition) is 4. The molecule has 0 saturated heterocycles. The highest BCUT2D eigenvalue weighted by Crippen LogP contribution is 2.36. The van der Waals surface area contributed by atoms with E-state index in [1.807, 2.05) is 6.07 Å². The van der Waals surface area contributed by atoms with Crippen LogP contribution >= 0.6 is 12.2 Å². The van der Waals surface area contributed by atoms with Gasteiger partial charge in [0.2, 0.25) is 0 Å². The maximum atomic E-state index is 5.71. The van der Waals surface area contributed by atoms with Gasteiger partial charge in [-0.25, -0.2) is 0 Å². The summed E-state index contributed by atoms with van der Waals surface area (Å²) in [5.41, 5.74) is 7.78. The summed E-state index contributed by atoms with van der Waals surface area (Å²) in [5, 5.41) is 3.45. The zero-order chi connectivity index (χ0) is 13.2. The van der Waals surface area contributed by atoms with Crippen LogP contribution in [0.1, 0.15) is 24.8 Å². The third-order valence-corrected chi connectivity index (χ3v) is 4.15. The van der Waals surface area contributed by atoms with Crippen LogP contribution in [-0.2, 0) is 0 Å². The zero-order valence-corrected chi connectivity index (χ0v) is 11.8. The lowest BCUT2D eigenvalue weighted by Gasteiger charge is -2.47. The van der Waals surface area contributed by atoms with Gasteiger partial charge in [0.05, 0.1) is 11.9 Å². The van der Waals surface area contributed by atoms with Gasteiger partial charge in [-0.15, -0.1) is 0 Å². The van der Waals surface area contributed by atoms with Crippen LogP contribution in [0.2, 0.25) is 0 Å². The highest BCUT2D eigenvalue weighted by molar-refractivity contribution is 7.80. The lowest BCUT2D eigenvalue weighted by molar-refractivity contribution is 0.0739. The van der Waals surface area contributed by atoms with Gasteiger partial charge in [0.25, 0.3) is 0 Å². The average Bonchev–Trinajstić information content (AvgIpc) is 2.27. The maximum Gasteiger partial charge on any atom is 0.106 e. The van der Waals surface area contributed by atoms with Crippen LogP contribution in [0.3, 0.4) is 0 Å². The summed E-state index contributed by atoms with van der Waals surface area (Å²) in [6.07, 6.45) is 7.27. The Labute approximate surface area is 114 Å². The van der Waals surface area contributed by atoms with E-state index in [4.69, 9.17) is 18.0 Å². The predicted octanol–water partition coefficient (Wildman–Crippen LogP) is 1.61. The molecule has 1 fully saturated rings. The largest absolute Gasteiger partial charge is 0.389 e. The monoisotopic (exact) mass is 264 g/mol. The Hall–Kier alpha value is -1.20. The molecule has 1 aromatic rings. The second kappa shape index (κ2) is 5.20. The van der Waals surface area contributed by atoms with Crippen molar-refractivity contribution >= 4 is 22.9 Å². The van der Waals surface area contributed by atoms with Crippen molar-refractivity contribution in [1.82, 2.24) is 9.88 Å². The Bertz CT molecular complexity index is 440. The summed E-state index contributed by atoms with van der Waals surface area (Å²) in [6.45, 7) is 0.904. The van der Waals surface area contributed by atoms with Gasteiger partial charge in [-0.2, -0.15) is 0 Å². The molecule has 0 unspecified atom stereocenters. The molecule has 1 aliphatic rings. The van der Waals surface area contributed by atoms with Crippen molar-refractivity contribution in [3.05, 3.63) is 24.0 Å². The van der Waals surface area contributed by atoms with Crippen molar-refractivity contribution in [2.24, 2.45) is 5.73 Å². The molecule has 1 saturated carbocycles. The number of nitrogens with two attached hydrogens (primary N) is 1. The average molecular weight is 264 g/mol. The molecule has 2 rings (SSSR count). The first-order chi connectivity index (χ1) is 8.55. The number of aromatic nitrogens is 1. The number of rotatable bonds is 5. The standard InChI is InChI=1S/C13H20N4S/c1-17(2)13(5-3-6-13)9-16-11-8-15-7-4-10(11)12(14)18/h4,7-8,16H,3,5-6,9H2,1-2H3,(H2,14,18). The second-order valence-corrected chi connectivity index (χ2v) is 5.55. The first-order valence-electron chi connectivity index (χ1n) is 6.20. The van der Waals surface area contributed by atoms with Gasteiger partial charge in [-0.1, -0.05) is 12.2 Å². The van der Waals surface area contributed by atoms with E-state index in [-0.39, 0.29) is 5.54 Å². The van der Waals surface area contributed by atoms with Gasteiger partial charge in [0, 0.05) is 23.8 Å². The van der Waals surface area contributed by atoms with Gasteiger partial charge in [-0.3, -0.25) is 4.98 Å². The van der Waals surface area contributed by atoms with Gasteiger partial charge in [0.1, 0.15) is 4.99 Å². The quantitative estimate of drug-likeness (QED) is 0.791. The molecule has 1 aromatic heterocycles. The van der Waals surface area contributed by atoms with Crippen molar-refractivity contribution in [3.8, 4) is 0 Å². The van der Waals surface area contributed by atoms with Crippen molar-refractivity contribution in [2.45, 2.75) is 24.8 Å². The van der Waals surface area contributed by atoms with E-state index in [0.717, 1.165) is 17.8 Å². The van der Waals surface area contributed by atoms with Crippen LogP contribution < -0.4 is 11.1 Å². The summed E-state index contributed by atoms with van der Waals surface area (Å²) in [5.74, 6) is 0. The van der Waals surface area contributed by atoms with E-state index < -0.39 is 0 Å². The fraction of sp³-hybridized carbons (Fsp3) is 0.538. The van der Waals surface area contributed by atoms with E-state index in [9.17, 15) is 0 Å². The van der Waals surface area contributed by atoms with E-state index in [2.05, 4.69) is 29.3 Å². The molecule has 0 amide bonds.